The molecular weight excluding hydrogens is 556 g/mol. The molecule has 1 unspecified atom stereocenters. The Balaban J connectivity index is 1.23. The first-order chi connectivity index (χ1) is 20.7. The van der Waals surface area contributed by atoms with E-state index in [0.29, 0.717) is 29.8 Å². The third-order valence-electron chi connectivity index (χ3n) is 9.35. The molecule has 0 amide bonds. The first-order valence-electron chi connectivity index (χ1n) is 15.5. The van der Waals surface area contributed by atoms with Gasteiger partial charge in [0.25, 0.3) is 5.92 Å². The summed E-state index contributed by atoms with van der Waals surface area (Å²) in [5.41, 5.74) is 2.53. The molecule has 3 aliphatic rings. The molecule has 1 atom stereocenters. The lowest BCUT2D eigenvalue weighted by Gasteiger charge is -2.43. The molecule has 43 heavy (non-hydrogen) atoms. The highest BCUT2D eigenvalue weighted by Crippen LogP contribution is 2.44. The molecule has 3 aromatic carbocycles. The second-order valence-electron chi connectivity index (χ2n) is 12.7. The number of hydrogen-bond donors (Lipinski definition) is 1. The fourth-order valence-electron chi connectivity index (χ4n) is 7.21. The summed E-state index contributed by atoms with van der Waals surface area (Å²) in [6.07, 6.45) is 6.50. The van der Waals surface area contributed by atoms with Crippen molar-refractivity contribution in [3.63, 3.8) is 0 Å². The minimum Gasteiger partial charge on any atom is -0.490 e. The van der Waals surface area contributed by atoms with Crippen molar-refractivity contribution in [1.82, 2.24) is 10.2 Å². The first kappa shape index (κ1) is 29.9. The van der Waals surface area contributed by atoms with Crippen LogP contribution < -0.4 is 14.8 Å². The molecule has 6 rings (SSSR count). The van der Waals surface area contributed by atoms with E-state index in [4.69, 9.17) is 9.47 Å². The van der Waals surface area contributed by atoms with Gasteiger partial charge in [-0.05, 0) is 85.7 Å². The van der Waals surface area contributed by atoms with Crippen molar-refractivity contribution < 1.29 is 27.0 Å². The van der Waals surface area contributed by atoms with E-state index in [1.807, 2.05) is 36.4 Å². The number of rotatable bonds is 8. The standard InChI is InChI=1S/C35H40F4N2O2/c1-34(38,39)23-41-17-12-25-18-27(42-21-24-6-3-2-4-7-24)8-9-29(25)33(41)32-30(36)19-28(20-31(32)37)43-26-10-14-35(15-11-26)13-5-16-40-22-35/h2-4,6-9,18-20,26,33,40H,5,10-17,21-23H2,1H3. The van der Waals surface area contributed by atoms with Crippen molar-refractivity contribution in [2.75, 3.05) is 26.2 Å². The zero-order valence-electron chi connectivity index (χ0n) is 24.7. The van der Waals surface area contributed by atoms with Crippen LogP contribution in [0.15, 0.2) is 60.7 Å². The molecule has 0 bridgehead atoms. The Morgan fingerprint density at radius 1 is 0.953 bits per heavy atom. The predicted molar refractivity (Wildman–Crippen MR) is 159 cm³/mol. The Kier molecular flexibility index (Phi) is 8.70. The van der Waals surface area contributed by atoms with Crippen LogP contribution in [0.25, 0.3) is 0 Å². The van der Waals surface area contributed by atoms with Gasteiger partial charge >= 0.3 is 0 Å². The minimum absolute atomic E-state index is 0.0998. The first-order valence-corrected chi connectivity index (χ1v) is 15.5. The van der Waals surface area contributed by atoms with E-state index in [1.54, 1.807) is 12.1 Å². The highest BCUT2D eigenvalue weighted by atomic mass is 19.3. The molecule has 4 nitrogen and oxygen atoms in total. The Morgan fingerprint density at radius 2 is 1.70 bits per heavy atom. The molecule has 1 N–H and O–H groups in total. The van der Waals surface area contributed by atoms with Crippen LogP contribution in [-0.4, -0.2) is 43.1 Å². The van der Waals surface area contributed by atoms with Crippen LogP contribution >= 0.6 is 0 Å². The Hall–Kier alpha value is -3.10. The summed E-state index contributed by atoms with van der Waals surface area (Å²) in [6, 6.07) is 16.5. The van der Waals surface area contributed by atoms with E-state index in [-0.39, 0.29) is 24.0 Å². The highest BCUT2D eigenvalue weighted by Gasteiger charge is 2.39. The number of fused-ring (bicyclic) bond motifs is 1. The van der Waals surface area contributed by atoms with Gasteiger partial charge in [-0.15, -0.1) is 0 Å². The van der Waals surface area contributed by atoms with Crippen molar-refractivity contribution in [3.8, 4) is 11.5 Å². The predicted octanol–water partition coefficient (Wildman–Crippen LogP) is 7.84. The summed E-state index contributed by atoms with van der Waals surface area (Å²) in [4.78, 5) is 1.48. The maximum absolute atomic E-state index is 15.9. The zero-order valence-corrected chi connectivity index (χ0v) is 24.7. The Labute approximate surface area is 251 Å². The van der Waals surface area contributed by atoms with E-state index in [2.05, 4.69) is 5.32 Å². The van der Waals surface area contributed by atoms with E-state index >= 15 is 8.78 Å². The average Bonchev–Trinajstić information content (AvgIpc) is 2.98. The molecule has 1 spiro atoms. The number of halogens is 4. The largest absolute Gasteiger partial charge is 0.490 e. The normalized spacial score (nSPS) is 24.5. The van der Waals surface area contributed by atoms with Crippen LogP contribution in [-0.2, 0) is 13.0 Å². The van der Waals surface area contributed by atoms with Gasteiger partial charge in [0.2, 0.25) is 0 Å². The molecule has 8 heteroatoms. The molecule has 230 valence electrons. The molecule has 1 saturated carbocycles. The second kappa shape index (κ2) is 12.5. The number of ether oxygens (including phenoxy) is 2. The van der Waals surface area contributed by atoms with E-state index in [9.17, 15) is 8.78 Å². The van der Waals surface area contributed by atoms with Gasteiger partial charge in [-0.25, -0.2) is 17.6 Å². The summed E-state index contributed by atoms with van der Waals surface area (Å²) in [6.45, 7) is 2.92. The third-order valence-corrected chi connectivity index (χ3v) is 9.35. The van der Waals surface area contributed by atoms with E-state index in [1.165, 1.54) is 29.9 Å². The van der Waals surface area contributed by atoms with Crippen LogP contribution in [0.1, 0.15) is 73.7 Å². The van der Waals surface area contributed by atoms with Crippen LogP contribution in [0, 0.1) is 17.0 Å². The van der Waals surface area contributed by atoms with Gasteiger partial charge in [0.05, 0.1) is 18.7 Å². The van der Waals surface area contributed by atoms with Gasteiger partial charge in [0, 0.05) is 37.7 Å². The number of piperidine rings is 1. The van der Waals surface area contributed by atoms with Crippen molar-refractivity contribution in [1.29, 1.82) is 0 Å². The van der Waals surface area contributed by atoms with Crippen LogP contribution in [0.4, 0.5) is 17.6 Å². The fourth-order valence-corrected chi connectivity index (χ4v) is 7.21. The second-order valence-corrected chi connectivity index (χ2v) is 12.7. The molecule has 2 aliphatic heterocycles. The topological polar surface area (TPSA) is 33.7 Å². The summed E-state index contributed by atoms with van der Waals surface area (Å²) in [5.74, 6) is -3.83. The highest BCUT2D eigenvalue weighted by molar-refractivity contribution is 5.46. The lowest BCUT2D eigenvalue weighted by molar-refractivity contribution is -0.0246. The van der Waals surface area contributed by atoms with Gasteiger partial charge in [-0.2, -0.15) is 0 Å². The SMILES string of the molecule is CC(F)(F)CN1CCc2cc(OCc3ccccc3)ccc2C1c1c(F)cc(OC2CCC3(CCCNC3)CC2)cc1F. The van der Waals surface area contributed by atoms with Gasteiger partial charge in [-0.1, -0.05) is 36.4 Å². The lowest BCUT2D eigenvalue weighted by atomic mass is 9.69. The number of hydrogen-bond acceptors (Lipinski definition) is 4. The monoisotopic (exact) mass is 596 g/mol. The van der Waals surface area contributed by atoms with Crippen molar-refractivity contribution >= 4 is 0 Å². The van der Waals surface area contributed by atoms with Crippen LogP contribution in [0.3, 0.4) is 0 Å². The molecular formula is C35H40F4N2O2. The Bertz CT molecular complexity index is 1370. The molecule has 1 saturated heterocycles. The van der Waals surface area contributed by atoms with Gasteiger partial charge in [-0.3, -0.25) is 4.90 Å². The summed E-state index contributed by atoms with van der Waals surface area (Å²) < 4.78 is 72.4. The zero-order chi connectivity index (χ0) is 30.0. The molecule has 2 fully saturated rings. The number of nitrogens with zero attached hydrogens (tertiary/aromatic N) is 1. The number of alkyl halides is 2. The molecule has 1 aliphatic carbocycles. The van der Waals surface area contributed by atoms with Crippen LogP contribution in [0.5, 0.6) is 11.5 Å². The van der Waals surface area contributed by atoms with Gasteiger partial charge in [0.15, 0.2) is 0 Å². The lowest BCUT2D eigenvalue weighted by Crippen LogP contribution is -2.44. The maximum Gasteiger partial charge on any atom is 0.257 e. The van der Waals surface area contributed by atoms with Gasteiger partial charge in [0.1, 0.15) is 29.7 Å². The molecule has 3 aromatic rings. The van der Waals surface area contributed by atoms with Crippen molar-refractivity contribution in [2.45, 2.75) is 76.5 Å². The number of nitrogens with one attached hydrogen (secondary N) is 1. The molecule has 0 radical (unpaired) electrons. The maximum atomic E-state index is 15.9. The van der Waals surface area contributed by atoms with Crippen molar-refractivity contribution in [2.24, 2.45) is 5.41 Å². The minimum atomic E-state index is -3.03. The third kappa shape index (κ3) is 7.01. The quantitative estimate of drug-likeness (QED) is 0.269. The van der Waals surface area contributed by atoms with Gasteiger partial charge < -0.3 is 14.8 Å². The summed E-state index contributed by atoms with van der Waals surface area (Å²) >= 11 is 0. The van der Waals surface area contributed by atoms with Crippen LogP contribution in [0.2, 0.25) is 0 Å². The smallest absolute Gasteiger partial charge is 0.257 e. The summed E-state index contributed by atoms with van der Waals surface area (Å²) in [5, 5.41) is 3.50. The van der Waals surface area contributed by atoms with Crippen molar-refractivity contribution in [3.05, 3.63) is 94.6 Å². The Morgan fingerprint density at radius 3 is 2.37 bits per heavy atom. The van der Waals surface area contributed by atoms with E-state index in [0.717, 1.165) is 56.8 Å². The fraction of sp³-hybridized carbons (Fsp3) is 0.486. The average molecular weight is 597 g/mol. The van der Waals surface area contributed by atoms with E-state index < -0.39 is 30.1 Å². The number of benzene rings is 3. The molecule has 2 heterocycles. The molecule has 0 aromatic heterocycles. The summed E-state index contributed by atoms with van der Waals surface area (Å²) in [7, 11) is 0.